The van der Waals surface area contributed by atoms with E-state index < -0.39 is 11.7 Å². The monoisotopic (exact) mass is 225 g/mol. The lowest BCUT2D eigenvalue weighted by molar-refractivity contribution is -0.120. The van der Waals surface area contributed by atoms with Crippen LogP contribution < -0.4 is 10.6 Å². The Kier molecular flexibility index (Phi) is 4.38. The zero-order valence-corrected chi connectivity index (χ0v) is 8.79. The van der Waals surface area contributed by atoms with Gasteiger partial charge in [-0.25, -0.2) is 4.39 Å². The lowest BCUT2D eigenvalue weighted by atomic mass is 10.2. The number of hydrogen-bond donors (Lipinski definition) is 2. The van der Waals surface area contributed by atoms with Gasteiger partial charge in [0.05, 0.1) is 18.3 Å². The number of carbonyl (C=O) groups is 2. The van der Waals surface area contributed by atoms with Crippen LogP contribution in [0.2, 0.25) is 0 Å². The van der Waals surface area contributed by atoms with Crippen molar-refractivity contribution < 1.29 is 14.0 Å². The fourth-order valence-electron chi connectivity index (χ4n) is 1.07. The van der Waals surface area contributed by atoms with Crippen LogP contribution in [0, 0.1) is 5.82 Å². The Morgan fingerprint density at radius 2 is 2.19 bits per heavy atom. The molecule has 86 valence electrons. The average Bonchev–Trinajstić information content (AvgIpc) is 2.27. The molecule has 1 rings (SSSR count). The Morgan fingerprint density at radius 3 is 2.81 bits per heavy atom. The fourth-order valence-corrected chi connectivity index (χ4v) is 1.07. The molecule has 2 N–H and O–H groups in total. The van der Waals surface area contributed by atoms with Crippen LogP contribution in [-0.4, -0.2) is 29.9 Å². The number of halogens is 1. The molecule has 2 amide bonds. The minimum atomic E-state index is -0.712. The van der Waals surface area contributed by atoms with Crippen LogP contribution in [0.3, 0.4) is 0 Å². The van der Waals surface area contributed by atoms with Crippen molar-refractivity contribution in [2.24, 2.45) is 0 Å². The lowest BCUT2D eigenvalue weighted by Gasteiger charge is -2.05. The molecule has 0 saturated carbocycles. The molecule has 1 aromatic rings. The zero-order valence-electron chi connectivity index (χ0n) is 8.79. The van der Waals surface area contributed by atoms with E-state index in [1.165, 1.54) is 12.3 Å². The molecular formula is C10H12FN3O2. The van der Waals surface area contributed by atoms with Gasteiger partial charge in [0.25, 0.3) is 5.91 Å². The molecule has 16 heavy (non-hydrogen) atoms. The molecule has 0 saturated heterocycles. The second kappa shape index (κ2) is 5.79. The number of nitrogens with one attached hydrogen (secondary N) is 2. The van der Waals surface area contributed by atoms with Crippen molar-refractivity contribution >= 4 is 11.8 Å². The largest absolute Gasteiger partial charge is 0.355 e. The number of likely N-dealkylation sites (N-methyl/N-ethyl adjacent to an activating group) is 1. The number of pyridine rings is 1. The molecule has 0 aliphatic heterocycles. The summed E-state index contributed by atoms with van der Waals surface area (Å²) in [5.41, 5.74) is -0.126. The molecule has 0 aromatic carbocycles. The van der Waals surface area contributed by atoms with Crippen molar-refractivity contribution in [3.8, 4) is 0 Å². The minimum absolute atomic E-state index is 0.126. The molecule has 6 heteroatoms. The summed E-state index contributed by atoms with van der Waals surface area (Å²) in [6, 6.07) is 1.25. The van der Waals surface area contributed by atoms with Crippen molar-refractivity contribution in [2.45, 2.75) is 6.92 Å². The Labute approximate surface area is 92.1 Å². The highest BCUT2D eigenvalue weighted by molar-refractivity contribution is 5.96. The molecular weight excluding hydrogens is 213 g/mol. The molecule has 0 fully saturated rings. The van der Waals surface area contributed by atoms with Gasteiger partial charge < -0.3 is 10.6 Å². The van der Waals surface area contributed by atoms with Gasteiger partial charge in [0.15, 0.2) is 5.82 Å². The Hall–Kier alpha value is -1.98. The third-order valence-corrected chi connectivity index (χ3v) is 1.80. The number of nitrogens with zero attached hydrogens (tertiary/aromatic N) is 1. The van der Waals surface area contributed by atoms with Gasteiger partial charge in [-0.05, 0) is 13.0 Å². The summed E-state index contributed by atoms with van der Waals surface area (Å²) in [5, 5.41) is 4.81. The van der Waals surface area contributed by atoms with Crippen LogP contribution in [0.5, 0.6) is 0 Å². The first-order chi connectivity index (χ1) is 7.65. The lowest BCUT2D eigenvalue weighted by Crippen LogP contribution is -2.37. The summed E-state index contributed by atoms with van der Waals surface area (Å²) >= 11 is 0. The van der Waals surface area contributed by atoms with Crippen LogP contribution in [0.4, 0.5) is 4.39 Å². The summed E-state index contributed by atoms with van der Waals surface area (Å²) in [7, 11) is 0. The summed E-state index contributed by atoms with van der Waals surface area (Å²) < 4.78 is 13.1. The summed E-state index contributed by atoms with van der Waals surface area (Å²) in [5.74, 6) is -1.66. The van der Waals surface area contributed by atoms with Gasteiger partial charge >= 0.3 is 0 Å². The van der Waals surface area contributed by atoms with Crippen molar-refractivity contribution in [3.63, 3.8) is 0 Å². The third kappa shape index (κ3) is 3.30. The standard InChI is InChI=1S/C10H12FN3O2/c1-2-13-9(15)6-14-10(16)7-3-4-12-5-8(7)11/h3-5H,2,6H2,1H3,(H,13,15)(H,14,16). The first-order valence-electron chi connectivity index (χ1n) is 4.79. The van der Waals surface area contributed by atoms with Crippen molar-refractivity contribution in [1.82, 2.24) is 15.6 Å². The second-order valence-corrected chi connectivity index (χ2v) is 2.99. The van der Waals surface area contributed by atoms with Gasteiger partial charge in [0.1, 0.15) is 0 Å². The third-order valence-electron chi connectivity index (χ3n) is 1.80. The maximum atomic E-state index is 13.1. The van der Waals surface area contributed by atoms with Crippen LogP contribution >= 0.6 is 0 Å². The highest BCUT2D eigenvalue weighted by atomic mass is 19.1. The number of aromatic nitrogens is 1. The van der Waals surface area contributed by atoms with E-state index in [0.29, 0.717) is 6.54 Å². The molecule has 0 unspecified atom stereocenters. The van der Waals surface area contributed by atoms with E-state index in [4.69, 9.17) is 0 Å². The Bertz CT molecular complexity index is 395. The maximum Gasteiger partial charge on any atom is 0.254 e. The number of rotatable bonds is 4. The van der Waals surface area contributed by atoms with E-state index in [-0.39, 0.29) is 18.0 Å². The predicted molar refractivity (Wildman–Crippen MR) is 55.2 cm³/mol. The highest BCUT2D eigenvalue weighted by Crippen LogP contribution is 2.03. The van der Waals surface area contributed by atoms with E-state index >= 15 is 0 Å². The van der Waals surface area contributed by atoms with E-state index in [1.54, 1.807) is 6.92 Å². The average molecular weight is 225 g/mol. The van der Waals surface area contributed by atoms with E-state index in [2.05, 4.69) is 15.6 Å². The fraction of sp³-hybridized carbons (Fsp3) is 0.300. The molecule has 1 aromatic heterocycles. The molecule has 5 nitrogen and oxygen atoms in total. The van der Waals surface area contributed by atoms with Gasteiger partial charge in [0, 0.05) is 12.7 Å². The first kappa shape index (κ1) is 12.1. The van der Waals surface area contributed by atoms with Crippen molar-refractivity contribution in [2.75, 3.05) is 13.1 Å². The van der Waals surface area contributed by atoms with Gasteiger partial charge in [-0.15, -0.1) is 0 Å². The summed E-state index contributed by atoms with van der Waals surface area (Å²) in [4.78, 5) is 26.0. The predicted octanol–water partition coefficient (Wildman–Crippen LogP) is 0.0866. The highest BCUT2D eigenvalue weighted by Gasteiger charge is 2.11. The Morgan fingerprint density at radius 1 is 1.44 bits per heavy atom. The van der Waals surface area contributed by atoms with Gasteiger partial charge in [-0.2, -0.15) is 0 Å². The Balaban J connectivity index is 2.54. The normalized spacial score (nSPS) is 9.62. The molecule has 0 bridgehead atoms. The SMILES string of the molecule is CCNC(=O)CNC(=O)c1ccncc1F. The number of carbonyl (C=O) groups excluding carboxylic acids is 2. The second-order valence-electron chi connectivity index (χ2n) is 2.99. The van der Waals surface area contributed by atoms with Crippen molar-refractivity contribution in [1.29, 1.82) is 0 Å². The van der Waals surface area contributed by atoms with Gasteiger partial charge in [-0.1, -0.05) is 0 Å². The van der Waals surface area contributed by atoms with Gasteiger partial charge in [-0.3, -0.25) is 14.6 Å². The van der Waals surface area contributed by atoms with Crippen LogP contribution in [0.1, 0.15) is 17.3 Å². The molecule has 1 heterocycles. The molecule has 0 atom stereocenters. The molecule has 0 spiro atoms. The van der Waals surface area contributed by atoms with Crippen LogP contribution in [0.15, 0.2) is 18.5 Å². The zero-order chi connectivity index (χ0) is 12.0. The smallest absolute Gasteiger partial charge is 0.254 e. The van der Waals surface area contributed by atoms with Crippen LogP contribution in [0.25, 0.3) is 0 Å². The quantitative estimate of drug-likeness (QED) is 0.762. The van der Waals surface area contributed by atoms with Gasteiger partial charge in [0.2, 0.25) is 5.91 Å². The van der Waals surface area contributed by atoms with Crippen LogP contribution in [-0.2, 0) is 4.79 Å². The first-order valence-corrected chi connectivity index (χ1v) is 4.79. The van der Waals surface area contributed by atoms with Crippen molar-refractivity contribution in [3.05, 3.63) is 29.8 Å². The van der Waals surface area contributed by atoms with E-state index in [1.807, 2.05) is 0 Å². The molecule has 0 radical (unpaired) electrons. The number of amides is 2. The van der Waals surface area contributed by atoms with E-state index in [0.717, 1.165) is 6.20 Å². The summed E-state index contributed by atoms with van der Waals surface area (Å²) in [6.45, 7) is 2.08. The topological polar surface area (TPSA) is 71.1 Å². The molecule has 0 aliphatic rings. The van der Waals surface area contributed by atoms with E-state index in [9.17, 15) is 14.0 Å². The summed E-state index contributed by atoms with van der Waals surface area (Å²) in [6.07, 6.45) is 2.26. The maximum absolute atomic E-state index is 13.1. The number of hydrogen-bond acceptors (Lipinski definition) is 3. The minimum Gasteiger partial charge on any atom is -0.355 e. The molecule has 0 aliphatic carbocycles.